The minimum atomic E-state index is -4.85. The summed E-state index contributed by atoms with van der Waals surface area (Å²) in [5.74, 6) is 0. The maximum atomic E-state index is 14.1. The molecule has 0 radical (unpaired) electrons. The molecule has 0 bridgehead atoms. The molecule has 174 valence electrons. The molecule has 1 N–H and O–H groups in total. The van der Waals surface area contributed by atoms with Crippen molar-refractivity contribution in [2.45, 2.75) is 71.7 Å². The van der Waals surface area contributed by atoms with Gasteiger partial charge in [-0.25, -0.2) is 0 Å². The zero-order chi connectivity index (χ0) is 24.3. The summed E-state index contributed by atoms with van der Waals surface area (Å²) >= 11 is 0. The number of rotatable bonds is 5. The number of aliphatic hydroxyl groups is 1. The van der Waals surface area contributed by atoms with E-state index < -0.39 is 30.2 Å². The predicted octanol–water partition coefficient (Wildman–Crippen LogP) is 6.31. The van der Waals surface area contributed by atoms with Gasteiger partial charge in [0, 0.05) is 17.6 Å². The molecular formula is C26H32F3NO2. The Labute approximate surface area is 187 Å². The standard InChI is InChI=1S/C24H26F3NO2.C2H6/c1-16-11-17(2)13-18(12-16)22(3,4)14-23(30,24(25,26)27)15-28-10-9-21(29)19-7-5-6-8-20(19)28;1-2/h5-13,30H,14-15H2,1-4H3;1-2H3. The Morgan fingerprint density at radius 3 is 2.06 bits per heavy atom. The van der Waals surface area contributed by atoms with Gasteiger partial charge in [-0.05, 0) is 43.4 Å². The van der Waals surface area contributed by atoms with Crippen LogP contribution in [0.25, 0.3) is 10.9 Å². The minimum Gasteiger partial charge on any atom is -0.379 e. The van der Waals surface area contributed by atoms with Crippen LogP contribution >= 0.6 is 0 Å². The van der Waals surface area contributed by atoms with Crippen LogP contribution in [0.1, 0.15) is 50.8 Å². The molecule has 1 unspecified atom stereocenters. The quantitative estimate of drug-likeness (QED) is 0.498. The lowest BCUT2D eigenvalue weighted by molar-refractivity contribution is -0.271. The number of fused-ring (bicyclic) bond motifs is 1. The molecule has 0 aliphatic heterocycles. The summed E-state index contributed by atoms with van der Waals surface area (Å²) < 4.78 is 43.8. The second-order valence-electron chi connectivity index (χ2n) is 8.79. The monoisotopic (exact) mass is 447 g/mol. The number of nitrogens with zero attached hydrogens (tertiary/aromatic N) is 1. The molecule has 1 aromatic heterocycles. The molecule has 3 rings (SSSR count). The third-order valence-electron chi connectivity index (χ3n) is 5.58. The van der Waals surface area contributed by atoms with E-state index in [4.69, 9.17) is 0 Å². The van der Waals surface area contributed by atoms with E-state index in [9.17, 15) is 23.1 Å². The van der Waals surface area contributed by atoms with Crippen LogP contribution in [0.3, 0.4) is 0 Å². The van der Waals surface area contributed by atoms with Crippen LogP contribution in [0.4, 0.5) is 13.2 Å². The van der Waals surface area contributed by atoms with Crippen molar-refractivity contribution in [3.05, 3.63) is 81.6 Å². The molecule has 3 aromatic rings. The number of hydrogen-bond donors (Lipinski definition) is 1. The number of para-hydroxylation sites is 1. The highest BCUT2D eigenvalue weighted by molar-refractivity contribution is 5.78. The van der Waals surface area contributed by atoms with Crippen molar-refractivity contribution in [1.29, 1.82) is 0 Å². The van der Waals surface area contributed by atoms with Crippen LogP contribution in [0.2, 0.25) is 0 Å². The maximum Gasteiger partial charge on any atom is 0.418 e. The van der Waals surface area contributed by atoms with Gasteiger partial charge >= 0.3 is 6.18 Å². The molecule has 0 amide bonds. The molecule has 6 heteroatoms. The summed E-state index contributed by atoms with van der Waals surface area (Å²) in [6.07, 6.45) is -4.06. The zero-order valence-electron chi connectivity index (χ0n) is 19.5. The highest BCUT2D eigenvalue weighted by Gasteiger charge is 2.56. The fourth-order valence-electron chi connectivity index (χ4n) is 4.12. The van der Waals surface area contributed by atoms with Gasteiger partial charge in [-0.1, -0.05) is 69.2 Å². The van der Waals surface area contributed by atoms with Crippen LogP contribution < -0.4 is 5.43 Å². The minimum absolute atomic E-state index is 0.270. The number of aromatic nitrogens is 1. The lowest BCUT2D eigenvalue weighted by atomic mass is 9.74. The Kier molecular flexibility index (Phi) is 7.61. The van der Waals surface area contributed by atoms with Crippen molar-refractivity contribution in [2.24, 2.45) is 0 Å². The SMILES string of the molecule is CC.Cc1cc(C)cc(C(C)(C)CC(O)(Cn2ccc(=O)c3ccccc32)C(F)(F)F)c1. The molecule has 0 saturated heterocycles. The van der Waals surface area contributed by atoms with E-state index in [1.54, 1.807) is 38.1 Å². The molecule has 0 aliphatic carbocycles. The van der Waals surface area contributed by atoms with Crippen LogP contribution in [-0.4, -0.2) is 21.5 Å². The van der Waals surface area contributed by atoms with Gasteiger partial charge in [-0.15, -0.1) is 0 Å². The van der Waals surface area contributed by atoms with Crippen LogP contribution in [0.5, 0.6) is 0 Å². The second-order valence-corrected chi connectivity index (χ2v) is 8.79. The average Bonchev–Trinajstić information content (AvgIpc) is 2.70. The van der Waals surface area contributed by atoms with E-state index in [1.807, 2.05) is 45.9 Å². The highest BCUT2D eigenvalue weighted by atomic mass is 19.4. The van der Waals surface area contributed by atoms with Crippen molar-refractivity contribution >= 4 is 10.9 Å². The van der Waals surface area contributed by atoms with Gasteiger partial charge in [0.05, 0.1) is 12.1 Å². The van der Waals surface area contributed by atoms with Crippen molar-refractivity contribution in [3.8, 4) is 0 Å². The van der Waals surface area contributed by atoms with E-state index in [0.717, 1.165) is 16.7 Å². The number of halogens is 3. The summed E-state index contributed by atoms with van der Waals surface area (Å²) in [6, 6.07) is 13.4. The third-order valence-corrected chi connectivity index (χ3v) is 5.58. The summed E-state index contributed by atoms with van der Waals surface area (Å²) in [5, 5.41) is 11.3. The first-order valence-electron chi connectivity index (χ1n) is 10.8. The summed E-state index contributed by atoms with van der Waals surface area (Å²) in [4.78, 5) is 12.1. The van der Waals surface area contributed by atoms with Gasteiger partial charge < -0.3 is 9.67 Å². The fraction of sp³-hybridized carbons (Fsp3) is 0.423. The molecule has 2 aromatic carbocycles. The lowest BCUT2D eigenvalue weighted by Gasteiger charge is -2.38. The Bertz CT molecular complexity index is 1110. The first kappa shape index (κ1) is 25.7. The van der Waals surface area contributed by atoms with E-state index in [0.29, 0.717) is 10.9 Å². The molecule has 3 nitrogen and oxygen atoms in total. The first-order chi connectivity index (χ1) is 14.8. The van der Waals surface area contributed by atoms with Crippen molar-refractivity contribution in [1.82, 2.24) is 4.57 Å². The molecule has 32 heavy (non-hydrogen) atoms. The summed E-state index contributed by atoms with van der Waals surface area (Å²) in [5.41, 5.74) is -1.17. The molecule has 0 aliphatic rings. The topological polar surface area (TPSA) is 42.2 Å². The van der Waals surface area contributed by atoms with Gasteiger partial charge in [0.2, 0.25) is 0 Å². The second kappa shape index (κ2) is 9.49. The zero-order valence-corrected chi connectivity index (χ0v) is 19.5. The van der Waals surface area contributed by atoms with Crippen molar-refractivity contribution < 1.29 is 18.3 Å². The summed E-state index contributed by atoms with van der Waals surface area (Å²) in [7, 11) is 0. The molecule has 1 atom stereocenters. The van der Waals surface area contributed by atoms with Gasteiger partial charge in [0.25, 0.3) is 0 Å². The van der Waals surface area contributed by atoms with Crippen LogP contribution in [0, 0.1) is 13.8 Å². The van der Waals surface area contributed by atoms with Crippen molar-refractivity contribution in [2.75, 3.05) is 0 Å². The first-order valence-corrected chi connectivity index (χ1v) is 10.8. The van der Waals surface area contributed by atoms with Gasteiger partial charge in [-0.2, -0.15) is 13.2 Å². The smallest absolute Gasteiger partial charge is 0.379 e. The third kappa shape index (κ3) is 5.41. The maximum absolute atomic E-state index is 14.1. The normalized spacial score (nSPS) is 13.9. The van der Waals surface area contributed by atoms with E-state index >= 15 is 0 Å². The van der Waals surface area contributed by atoms with Gasteiger partial charge in [-0.3, -0.25) is 4.79 Å². The largest absolute Gasteiger partial charge is 0.418 e. The average molecular weight is 448 g/mol. The fourth-order valence-corrected chi connectivity index (χ4v) is 4.12. The number of pyridine rings is 1. The van der Waals surface area contributed by atoms with Crippen LogP contribution in [-0.2, 0) is 12.0 Å². The molecule has 0 spiro atoms. The molecule has 1 heterocycles. The van der Waals surface area contributed by atoms with Gasteiger partial charge in [0.15, 0.2) is 11.0 Å². The van der Waals surface area contributed by atoms with E-state index in [-0.39, 0.29) is 5.43 Å². The number of hydrogen-bond acceptors (Lipinski definition) is 2. The Hall–Kier alpha value is -2.60. The van der Waals surface area contributed by atoms with Crippen LogP contribution in [0.15, 0.2) is 59.5 Å². The number of benzene rings is 2. The summed E-state index contributed by atoms with van der Waals surface area (Å²) in [6.45, 7) is 10.5. The number of aryl methyl sites for hydroxylation is 2. The lowest BCUT2D eigenvalue weighted by Crippen LogP contribution is -2.52. The predicted molar refractivity (Wildman–Crippen MR) is 124 cm³/mol. The van der Waals surface area contributed by atoms with E-state index in [2.05, 4.69) is 0 Å². The molecule has 0 saturated carbocycles. The van der Waals surface area contributed by atoms with E-state index in [1.165, 1.54) is 16.8 Å². The van der Waals surface area contributed by atoms with Gasteiger partial charge in [0.1, 0.15) is 0 Å². The molecule has 0 fully saturated rings. The Balaban J connectivity index is 0.00000176. The Morgan fingerprint density at radius 2 is 1.50 bits per heavy atom. The Morgan fingerprint density at radius 1 is 0.938 bits per heavy atom. The van der Waals surface area contributed by atoms with Crippen molar-refractivity contribution in [3.63, 3.8) is 0 Å². The molecular weight excluding hydrogens is 415 g/mol. The highest BCUT2D eigenvalue weighted by Crippen LogP contribution is 2.42. The number of alkyl halides is 3.